The Labute approximate surface area is 64.9 Å². The Morgan fingerprint density at radius 1 is 1.78 bits per heavy atom. The second kappa shape index (κ2) is 3.87. The predicted molar refractivity (Wildman–Crippen MR) is 31.0 cm³/mol. The summed E-state index contributed by atoms with van der Waals surface area (Å²) in [6.45, 7) is 0. The van der Waals surface area contributed by atoms with Crippen LogP contribution in [0.2, 0.25) is 0 Å². The summed E-state index contributed by atoms with van der Waals surface area (Å²) in [5, 5.41) is 0. The molecule has 0 fully saturated rings. The Hall–Kier alpha value is -0.0600. The first kappa shape index (κ1) is 7.05. The van der Waals surface area contributed by atoms with Crippen LogP contribution in [0, 0.1) is 0 Å². The molecule has 3 heteroatoms. The summed E-state index contributed by atoms with van der Waals surface area (Å²) in [5.74, 6) is 0.886. The van der Waals surface area contributed by atoms with Crippen LogP contribution in [0.25, 0.3) is 0 Å². The average molecular weight is 238 g/mol. The van der Waals surface area contributed by atoms with Gasteiger partial charge in [0.2, 0.25) is 0 Å². The van der Waals surface area contributed by atoms with Gasteiger partial charge in [-0.15, -0.1) is 0 Å². The van der Waals surface area contributed by atoms with Crippen molar-refractivity contribution in [3.63, 3.8) is 0 Å². The van der Waals surface area contributed by atoms with Gasteiger partial charge in [0.15, 0.2) is 0 Å². The van der Waals surface area contributed by atoms with Gasteiger partial charge in [-0.05, 0) is 0 Å². The van der Waals surface area contributed by atoms with Gasteiger partial charge in [0.1, 0.15) is 0 Å². The van der Waals surface area contributed by atoms with Crippen LogP contribution >= 0.6 is 0 Å². The number of aryl methyl sites for hydroxylation is 1. The topological polar surface area (TPSA) is 26.0 Å². The molecule has 1 rings (SSSR count). The van der Waals surface area contributed by atoms with Crippen molar-refractivity contribution in [1.29, 1.82) is 0 Å². The van der Waals surface area contributed by atoms with E-state index in [2.05, 4.69) is 9.91 Å². The van der Waals surface area contributed by atoms with E-state index >= 15 is 0 Å². The monoisotopic (exact) mass is 238 g/mol. The Morgan fingerprint density at radius 2 is 2.67 bits per heavy atom. The molecule has 52 valence electrons. The molecule has 0 aliphatic rings. The van der Waals surface area contributed by atoms with Gasteiger partial charge in [-0.2, -0.15) is 0 Å². The molecule has 0 spiro atoms. The first-order valence-corrected chi connectivity index (χ1v) is 6.44. The summed E-state index contributed by atoms with van der Waals surface area (Å²) >= 11 is 0.401. The minimum atomic E-state index is 0.401. The molecule has 0 atom stereocenters. The van der Waals surface area contributed by atoms with Gasteiger partial charge in [0, 0.05) is 0 Å². The van der Waals surface area contributed by atoms with Crippen LogP contribution in [0.4, 0.5) is 0 Å². The first-order chi connectivity index (χ1) is 4.43. The summed E-state index contributed by atoms with van der Waals surface area (Å²) in [4.78, 5) is 6.27. The van der Waals surface area contributed by atoms with Gasteiger partial charge in [-0.25, -0.2) is 0 Å². The fourth-order valence-electron chi connectivity index (χ4n) is 0.552. The van der Waals surface area contributed by atoms with E-state index in [1.807, 2.05) is 0 Å². The second-order valence-electron chi connectivity index (χ2n) is 1.63. The molecule has 1 heterocycles. The predicted octanol–water partition coefficient (Wildman–Crippen LogP) is -2.06. The average Bonchev–Trinajstić information content (AvgIpc) is 2.34. The Kier molecular flexibility index (Phi) is 3.03. The third kappa shape index (κ3) is 2.34. The number of oxazole rings is 1. The van der Waals surface area contributed by atoms with E-state index < -0.39 is 0 Å². The molecule has 0 aromatic carbocycles. The maximum absolute atomic E-state index is 5.04. The van der Waals surface area contributed by atoms with Gasteiger partial charge in [0.05, 0.1) is 0 Å². The Morgan fingerprint density at radius 3 is 3.22 bits per heavy atom. The van der Waals surface area contributed by atoms with E-state index in [1.54, 1.807) is 12.5 Å². The molecule has 0 saturated heterocycles. The zero-order chi connectivity index (χ0) is 6.53. The molecule has 0 N–H and O–H groups in total. The van der Waals surface area contributed by atoms with Crippen LogP contribution < -0.4 is 21.2 Å². The summed E-state index contributed by atoms with van der Waals surface area (Å²) in [6, 6.07) is 0. The zero-order valence-corrected chi connectivity index (χ0v) is 7.46. The van der Waals surface area contributed by atoms with Crippen molar-refractivity contribution in [3.8, 4) is 0 Å². The summed E-state index contributed by atoms with van der Waals surface area (Å²) in [5.41, 5.74) is 0. The Balaban J connectivity index is 2.30. The van der Waals surface area contributed by atoms with Crippen molar-refractivity contribution >= 4 is 0 Å². The molecule has 0 radical (unpaired) electrons. The van der Waals surface area contributed by atoms with Gasteiger partial charge < -0.3 is 0 Å². The molecular weight excluding hydrogens is 229 g/mol. The van der Waals surface area contributed by atoms with Gasteiger partial charge in [-0.3, -0.25) is 0 Å². The number of aromatic nitrogens is 1. The zero-order valence-electron chi connectivity index (χ0n) is 5.30. The van der Waals surface area contributed by atoms with E-state index in [1.165, 1.54) is 4.43 Å². The molecule has 1 aromatic heterocycles. The number of alkyl halides is 2. The molecule has 0 bridgehead atoms. The number of rotatable bonds is 3. The Bertz CT molecular complexity index is 150. The van der Waals surface area contributed by atoms with Crippen molar-refractivity contribution < 1.29 is 25.6 Å². The van der Waals surface area contributed by atoms with E-state index in [0.717, 1.165) is 12.3 Å². The van der Waals surface area contributed by atoms with E-state index in [9.17, 15) is 0 Å². The third-order valence-corrected chi connectivity index (χ3v) is 2.60. The van der Waals surface area contributed by atoms with Gasteiger partial charge in [-0.1, -0.05) is 0 Å². The first-order valence-electron chi connectivity index (χ1n) is 2.75. The van der Waals surface area contributed by atoms with Crippen LogP contribution in [-0.2, 0) is 6.42 Å². The standard InChI is InChI=1S/C6H9INO/c1-7-3-2-6-8-4-5-9-6/h4-5H,2-3H2,1H3/q-1. The quantitative estimate of drug-likeness (QED) is 0.447. The molecule has 0 amide bonds. The number of hydrogen-bond donors (Lipinski definition) is 0. The van der Waals surface area contributed by atoms with Gasteiger partial charge in [0.25, 0.3) is 0 Å². The van der Waals surface area contributed by atoms with Crippen LogP contribution in [0.15, 0.2) is 16.9 Å². The molecule has 1 aromatic rings. The van der Waals surface area contributed by atoms with E-state index in [0.29, 0.717) is 21.2 Å². The molecule has 0 aliphatic carbocycles. The summed E-state index contributed by atoms with van der Waals surface area (Å²) in [6.07, 6.45) is 4.35. The van der Waals surface area contributed by atoms with Crippen molar-refractivity contribution in [2.45, 2.75) is 6.42 Å². The molecular formula is C6H9INO-. The van der Waals surface area contributed by atoms with Crippen LogP contribution in [-0.4, -0.2) is 14.3 Å². The molecule has 0 aliphatic heterocycles. The molecule has 9 heavy (non-hydrogen) atoms. The summed E-state index contributed by atoms with van der Waals surface area (Å²) < 4.78 is 6.32. The van der Waals surface area contributed by atoms with Crippen molar-refractivity contribution in [1.82, 2.24) is 4.98 Å². The SMILES string of the molecule is C[I-]CCc1ncco1. The van der Waals surface area contributed by atoms with E-state index in [-0.39, 0.29) is 0 Å². The van der Waals surface area contributed by atoms with Crippen molar-refractivity contribution in [3.05, 3.63) is 18.4 Å². The summed E-state index contributed by atoms with van der Waals surface area (Å²) in [7, 11) is 0. The van der Waals surface area contributed by atoms with Gasteiger partial charge >= 0.3 is 64.7 Å². The van der Waals surface area contributed by atoms with Crippen LogP contribution in [0.1, 0.15) is 5.89 Å². The van der Waals surface area contributed by atoms with Crippen molar-refractivity contribution in [2.75, 3.05) is 9.36 Å². The van der Waals surface area contributed by atoms with Crippen LogP contribution in [0.5, 0.6) is 0 Å². The molecule has 2 nitrogen and oxygen atoms in total. The fourth-order valence-corrected chi connectivity index (χ4v) is 1.55. The molecule has 0 unspecified atom stereocenters. The number of nitrogens with zero attached hydrogens (tertiary/aromatic N) is 1. The molecule has 0 saturated carbocycles. The number of hydrogen-bond acceptors (Lipinski definition) is 2. The minimum absolute atomic E-state index is 0.401. The fraction of sp³-hybridized carbons (Fsp3) is 0.500. The normalized spacial score (nSPS) is 10.3. The number of halogens is 1. The van der Waals surface area contributed by atoms with Crippen molar-refractivity contribution in [2.24, 2.45) is 0 Å². The van der Waals surface area contributed by atoms with Crippen LogP contribution in [0.3, 0.4) is 0 Å². The third-order valence-electron chi connectivity index (χ3n) is 0.981. The second-order valence-corrected chi connectivity index (χ2v) is 4.24. The maximum atomic E-state index is 5.04. The van der Waals surface area contributed by atoms with E-state index in [4.69, 9.17) is 4.42 Å².